The molecule has 1 fully saturated rings. The van der Waals surface area contributed by atoms with Crippen molar-refractivity contribution >= 4 is 27.3 Å². The monoisotopic (exact) mass is 443 g/mol. The Morgan fingerprint density at radius 1 is 1.13 bits per heavy atom. The van der Waals surface area contributed by atoms with E-state index in [0.29, 0.717) is 24.3 Å². The third-order valence-corrected chi connectivity index (χ3v) is 7.80. The smallest absolute Gasteiger partial charge is 0.255 e. The molecule has 3 N–H and O–H groups in total. The third-order valence-electron chi connectivity index (χ3n) is 5.63. The van der Waals surface area contributed by atoms with E-state index in [2.05, 4.69) is 10.2 Å². The number of benzene rings is 2. The van der Waals surface area contributed by atoms with E-state index in [-0.39, 0.29) is 22.6 Å². The van der Waals surface area contributed by atoms with Gasteiger partial charge in [0, 0.05) is 24.3 Å². The minimum absolute atomic E-state index is 0.142. The molecule has 3 rings (SSSR count). The molecule has 7 nitrogen and oxygen atoms in total. The first-order valence-electron chi connectivity index (χ1n) is 10.4. The summed E-state index contributed by atoms with van der Waals surface area (Å²) in [5.41, 5.74) is 7.49. The molecule has 1 aliphatic heterocycles. The van der Waals surface area contributed by atoms with Crippen LogP contribution < -0.4 is 11.1 Å². The van der Waals surface area contributed by atoms with Gasteiger partial charge in [0.15, 0.2) is 9.84 Å². The van der Waals surface area contributed by atoms with Crippen LogP contribution in [0, 0.1) is 5.92 Å². The number of rotatable bonds is 7. The quantitative estimate of drug-likeness (QED) is 0.684. The van der Waals surface area contributed by atoms with Crippen LogP contribution in [-0.2, 0) is 21.2 Å². The average Bonchev–Trinajstić information content (AvgIpc) is 2.75. The summed E-state index contributed by atoms with van der Waals surface area (Å²) in [6, 6.07) is 13.5. The van der Waals surface area contributed by atoms with E-state index in [1.165, 1.54) is 24.3 Å². The van der Waals surface area contributed by atoms with Gasteiger partial charge in [-0.05, 0) is 69.1 Å². The van der Waals surface area contributed by atoms with E-state index in [0.717, 1.165) is 24.9 Å². The highest BCUT2D eigenvalue weighted by atomic mass is 32.2. The summed E-state index contributed by atoms with van der Waals surface area (Å²) in [6.45, 7) is 5.34. The van der Waals surface area contributed by atoms with E-state index in [1.807, 2.05) is 24.3 Å². The maximum absolute atomic E-state index is 12.8. The van der Waals surface area contributed by atoms with Crippen LogP contribution in [0.4, 0.5) is 5.69 Å². The van der Waals surface area contributed by atoms with Crippen molar-refractivity contribution in [3.8, 4) is 0 Å². The van der Waals surface area contributed by atoms with E-state index >= 15 is 0 Å². The molecule has 1 heterocycles. The molecular weight excluding hydrogens is 414 g/mol. The molecule has 1 aliphatic rings. The fourth-order valence-corrected chi connectivity index (χ4v) is 4.77. The Hall–Kier alpha value is -2.71. The fraction of sp³-hybridized carbons (Fsp3) is 0.391. The molecule has 31 heavy (non-hydrogen) atoms. The van der Waals surface area contributed by atoms with Gasteiger partial charge in [-0.2, -0.15) is 0 Å². The number of primary amides is 1. The van der Waals surface area contributed by atoms with Gasteiger partial charge < -0.3 is 11.1 Å². The zero-order valence-corrected chi connectivity index (χ0v) is 18.7. The van der Waals surface area contributed by atoms with Gasteiger partial charge in [-0.3, -0.25) is 14.5 Å². The van der Waals surface area contributed by atoms with Crippen LogP contribution in [0.2, 0.25) is 0 Å². The number of likely N-dealkylation sites (tertiary alicyclic amines) is 1. The number of piperidine rings is 1. The second kappa shape index (κ2) is 9.62. The summed E-state index contributed by atoms with van der Waals surface area (Å²) in [5.74, 6) is -0.722. The average molecular weight is 444 g/mol. The third kappa shape index (κ3) is 5.51. The second-order valence-electron chi connectivity index (χ2n) is 8.21. The fourth-order valence-electron chi connectivity index (χ4n) is 3.72. The Kier molecular flexibility index (Phi) is 7.12. The Balaban J connectivity index is 1.72. The lowest BCUT2D eigenvalue weighted by Gasteiger charge is -2.31. The Morgan fingerprint density at radius 3 is 2.45 bits per heavy atom. The van der Waals surface area contributed by atoms with Gasteiger partial charge in [-0.15, -0.1) is 0 Å². The topological polar surface area (TPSA) is 110 Å². The van der Waals surface area contributed by atoms with Crippen LogP contribution in [0.3, 0.4) is 0 Å². The lowest BCUT2D eigenvalue weighted by molar-refractivity contribution is -0.123. The van der Waals surface area contributed by atoms with Gasteiger partial charge in [-0.25, -0.2) is 8.42 Å². The van der Waals surface area contributed by atoms with Gasteiger partial charge in [0.05, 0.1) is 16.1 Å². The van der Waals surface area contributed by atoms with Crippen molar-refractivity contribution < 1.29 is 18.0 Å². The first-order valence-corrected chi connectivity index (χ1v) is 12.0. The van der Waals surface area contributed by atoms with Crippen LogP contribution in [0.15, 0.2) is 53.4 Å². The molecule has 0 spiro atoms. The van der Waals surface area contributed by atoms with Crippen LogP contribution in [0.5, 0.6) is 0 Å². The SMILES string of the molecule is CC(C)S(=O)(=O)c1ccc(C(=O)Nc2ccccc2CN2CCCC(C(N)=O)C2)cc1. The van der Waals surface area contributed by atoms with Gasteiger partial charge in [-0.1, -0.05) is 18.2 Å². The lowest BCUT2D eigenvalue weighted by atomic mass is 9.97. The molecule has 0 bridgehead atoms. The predicted octanol–water partition coefficient (Wildman–Crippen LogP) is 2.82. The number of hydrogen-bond donors (Lipinski definition) is 2. The molecule has 1 unspecified atom stereocenters. The predicted molar refractivity (Wildman–Crippen MR) is 120 cm³/mol. The van der Waals surface area contributed by atoms with Crippen molar-refractivity contribution in [2.24, 2.45) is 11.7 Å². The molecule has 2 amide bonds. The summed E-state index contributed by atoms with van der Waals surface area (Å²) in [5, 5.41) is 2.40. The van der Waals surface area contributed by atoms with Crippen LogP contribution in [0.25, 0.3) is 0 Å². The van der Waals surface area contributed by atoms with Crippen molar-refractivity contribution in [3.63, 3.8) is 0 Å². The number of amides is 2. The van der Waals surface area contributed by atoms with Crippen LogP contribution in [-0.4, -0.2) is 43.5 Å². The first-order chi connectivity index (χ1) is 14.7. The van der Waals surface area contributed by atoms with E-state index < -0.39 is 15.1 Å². The molecule has 1 saturated heterocycles. The largest absolute Gasteiger partial charge is 0.369 e. The van der Waals surface area contributed by atoms with Gasteiger partial charge in [0.1, 0.15) is 0 Å². The molecular formula is C23H29N3O4S. The van der Waals surface area contributed by atoms with Crippen molar-refractivity contribution in [2.75, 3.05) is 18.4 Å². The molecule has 0 aromatic heterocycles. The highest BCUT2D eigenvalue weighted by Crippen LogP contribution is 2.23. The highest BCUT2D eigenvalue weighted by Gasteiger charge is 2.24. The normalized spacial score (nSPS) is 17.5. The van der Waals surface area contributed by atoms with Crippen LogP contribution >= 0.6 is 0 Å². The number of sulfone groups is 1. The van der Waals surface area contributed by atoms with Gasteiger partial charge in [0.25, 0.3) is 5.91 Å². The van der Waals surface area contributed by atoms with Crippen LogP contribution in [0.1, 0.15) is 42.6 Å². The Morgan fingerprint density at radius 2 is 1.81 bits per heavy atom. The molecule has 166 valence electrons. The summed E-state index contributed by atoms with van der Waals surface area (Å²) in [4.78, 5) is 26.7. The maximum Gasteiger partial charge on any atom is 0.255 e. The zero-order valence-electron chi connectivity index (χ0n) is 17.9. The minimum atomic E-state index is -3.38. The maximum atomic E-state index is 12.8. The Labute approximate surface area is 183 Å². The van der Waals surface area contributed by atoms with E-state index in [1.54, 1.807) is 13.8 Å². The first kappa shape index (κ1) is 23.0. The molecule has 0 radical (unpaired) electrons. The van der Waals surface area contributed by atoms with E-state index in [4.69, 9.17) is 5.73 Å². The molecule has 0 saturated carbocycles. The van der Waals surface area contributed by atoms with Crippen molar-refractivity contribution in [2.45, 2.75) is 43.4 Å². The summed E-state index contributed by atoms with van der Waals surface area (Å²) >= 11 is 0. The molecule has 1 atom stereocenters. The summed E-state index contributed by atoms with van der Waals surface area (Å²) in [6.07, 6.45) is 1.72. The molecule has 2 aromatic rings. The molecule has 0 aliphatic carbocycles. The minimum Gasteiger partial charge on any atom is -0.369 e. The number of hydrogen-bond acceptors (Lipinski definition) is 5. The van der Waals surface area contributed by atoms with E-state index in [9.17, 15) is 18.0 Å². The highest BCUT2D eigenvalue weighted by molar-refractivity contribution is 7.92. The number of nitrogens with one attached hydrogen (secondary N) is 1. The molecule has 2 aromatic carbocycles. The molecule has 8 heteroatoms. The van der Waals surface area contributed by atoms with Crippen molar-refractivity contribution in [1.82, 2.24) is 4.90 Å². The van der Waals surface area contributed by atoms with Gasteiger partial charge >= 0.3 is 0 Å². The lowest BCUT2D eigenvalue weighted by Crippen LogP contribution is -2.40. The number of carbonyl (C=O) groups excluding carboxylic acids is 2. The second-order valence-corrected chi connectivity index (χ2v) is 10.7. The number of para-hydroxylation sites is 1. The number of carbonyl (C=O) groups is 2. The van der Waals surface area contributed by atoms with Gasteiger partial charge in [0.2, 0.25) is 5.91 Å². The summed E-state index contributed by atoms with van der Waals surface area (Å²) in [7, 11) is -3.38. The van der Waals surface area contributed by atoms with Crippen molar-refractivity contribution in [1.29, 1.82) is 0 Å². The summed E-state index contributed by atoms with van der Waals surface area (Å²) < 4.78 is 24.5. The zero-order chi connectivity index (χ0) is 22.6. The standard InChI is InChI=1S/C23H29N3O4S/c1-16(2)31(29,30)20-11-9-17(10-12-20)23(28)25-21-8-4-3-6-18(21)14-26-13-5-7-19(15-26)22(24)27/h3-4,6,8-12,16,19H,5,7,13-15H2,1-2H3,(H2,24,27)(H,25,28). The Bertz CT molecular complexity index is 1050. The van der Waals surface area contributed by atoms with Crippen molar-refractivity contribution in [3.05, 3.63) is 59.7 Å². The number of nitrogens with zero attached hydrogens (tertiary/aromatic N) is 1. The number of nitrogens with two attached hydrogens (primary N) is 1. The number of anilines is 1.